The van der Waals surface area contributed by atoms with Gasteiger partial charge in [-0.2, -0.15) is 0 Å². The number of halogens is 1. The summed E-state index contributed by atoms with van der Waals surface area (Å²) in [5.41, 5.74) is 1.83. The first-order chi connectivity index (χ1) is 11.4. The zero-order valence-electron chi connectivity index (χ0n) is 13.9. The van der Waals surface area contributed by atoms with Gasteiger partial charge in [0.25, 0.3) is 5.69 Å². The van der Waals surface area contributed by atoms with Gasteiger partial charge in [-0.1, -0.05) is 11.6 Å². The first-order valence-electron chi connectivity index (χ1n) is 7.54. The van der Waals surface area contributed by atoms with Gasteiger partial charge in [-0.15, -0.1) is 0 Å². The number of benzene rings is 2. The fraction of sp³-hybridized carbons (Fsp3) is 0.294. The molecule has 128 valence electrons. The van der Waals surface area contributed by atoms with E-state index < -0.39 is 4.92 Å². The number of non-ortho nitro benzene ring substituents is 1. The molecule has 0 saturated heterocycles. The molecule has 2 N–H and O–H groups in total. The van der Waals surface area contributed by atoms with Crippen molar-refractivity contribution in [3.05, 3.63) is 63.2 Å². The Morgan fingerprint density at radius 1 is 1.25 bits per heavy atom. The van der Waals surface area contributed by atoms with Crippen LogP contribution in [0.2, 0.25) is 5.02 Å². The number of anilines is 1. The van der Waals surface area contributed by atoms with Gasteiger partial charge in [0.2, 0.25) is 0 Å². The number of hydrogen-bond acceptors (Lipinski definition) is 4. The Morgan fingerprint density at radius 2 is 1.92 bits per heavy atom. The Bertz CT molecular complexity index is 705. The third-order valence-corrected chi connectivity index (χ3v) is 4.19. The molecule has 2 aromatic rings. The lowest BCUT2D eigenvalue weighted by Gasteiger charge is -2.23. The number of nitrogens with one attached hydrogen (secondary N) is 2. The number of hydrogen-bond donors (Lipinski definition) is 2. The second-order valence-corrected chi connectivity index (χ2v) is 6.11. The van der Waals surface area contributed by atoms with E-state index in [9.17, 15) is 10.1 Å². The molecule has 0 aliphatic heterocycles. The summed E-state index contributed by atoms with van der Waals surface area (Å²) in [6, 6.07) is 12.6. The summed E-state index contributed by atoms with van der Waals surface area (Å²) in [7, 11) is 5.80. The summed E-state index contributed by atoms with van der Waals surface area (Å²) in [5, 5.41) is 14.4. The molecule has 1 atom stereocenters. The molecule has 0 unspecified atom stereocenters. The number of methoxy groups -OCH3 is 1. The summed E-state index contributed by atoms with van der Waals surface area (Å²) < 4.78 is 5.19. The molecule has 0 bridgehead atoms. The van der Waals surface area contributed by atoms with Crippen molar-refractivity contribution in [2.24, 2.45) is 0 Å². The van der Waals surface area contributed by atoms with E-state index in [0.717, 1.165) is 5.75 Å². The second kappa shape index (κ2) is 7.99. The van der Waals surface area contributed by atoms with Crippen LogP contribution in [0.15, 0.2) is 42.5 Å². The molecule has 0 radical (unpaired) electrons. The van der Waals surface area contributed by atoms with E-state index in [0.29, 0.717) is 17.3 Å². The highest BCUT2D eigenvalue weighted by Gasteiger charge is 2.18. The van der Waals surface area contributed by atoms with Gasteiger partial charge >= 0.3 is 0 Å². The third-order valence-electron chi connectivity index (χ3n) is 3.88. The lowest BCUT2D eigenvalue weighted by Crippen LogP contribution is -3.06. The second-order valence-electron chi connectivity index (χ2n) is 5.71. The number of nitro benzene ring substituents is 1. The van der Waals surface area contributed by atoms with Crippen LogP contribution in [0.5, 0.6) is 5.75 Å². The predicted molar refractivity (Wildman–Crippen MR) is 95.1 cm³/mol. The maximum Gasteiger partial charge on any atom is 0.271 e. The molecule has 0 aromatic heterocycles. The number of quaternary nitrogens is 1. The van der Waals surface area contributed by atoms with Crippen LogP contribution in [0.3, 0.4) is 0 Å². The predicted octanol–water partition coefficient (Wildman–Crippen LogP) is 2.55. The van der Waals surface area contributed by atoms with Crippen molar-refractivity contribution < 1.29 is 14.6 Å². The molecular formula is C17H21ClN3O3+. The summed E-state index contributed by atoms with van der Waals surface area (Å²) in [6.45, 7) is 0.645. The van der Waals surface area contributed by atoms with Gasteiger partial charge in [0.15, 0.2) is 0 Å². The topological polar surface area (TPSA) is 68.8 Å². The number of nitro groups is 1. The molecule has 6 nitrogen and oxygen atoms in total. The Hall–Kier alpha value is -2.31. The largest absolute Gasteiger partial charge is 0.497 e. The molecule has 0 heterocycles. The van der Waals surface area contributed by atoms with Crippen LogP contribution >= 0.6 is 11.6 Å². The van der Waals surface area contributed by atoms with Crippen molar-refractivity contribution >= 4 is 23.0 Å². The first kappa shape index (κ1) is 18.0. The molecule has 2 aromatic carbocycles. The van der Waals surface area contributed by atoms with E-state index in [1.54, 1.807) is 13.2 Å². The lowest BCUT2D eigenvalue weighted by molar-refractivity contribution is -0.890. The van der Waals surface area contributed by atoms with Crippen molar-refractivity contribution in [3.63, 3.8) is 0 Å². The van der Waals surface area contributed by atoms with Crippen molar-refractivity contribution in [1.29, 1.82) is 0 Å². The zero-order valence-corrected chi connectivity index (χ0v) is 14.6. The molecule has 0 fully saturated rings. The molecule has 0 saturated carbocycles. The minimum absolute atomic E-state index is 0.0181. The highest BCUT2D eigenvalue weighted by Crippen LogP contribution is 2.27. The van der Waals surface area contributed by atoms with E-state index in [4.69, 9.17) is 16.3 Å². The van der Waals surface area contributed by atoms with Gasteiger partial charge in [-0.25, -0.2) is 0 Å². The molecule has 2 rings (SSSR count). The van der Waals surface area contributed by atoms with E-state index in [1.165, 1.54) is 22.6 Å². The molecule has 24 heavy (non-hydrogen) atoms. The number of ether oxygens (including phenoxy) is 1. The smallest absolute Gasteiger partial charge is 0.271 e. The average molecular weight is 351 g/mol. The average Bonchev–Trinajstić information content (AvgIpc) is 2.56. The lowest BCUT2D eigenvalue weighted by atomic mass is 10.1. The monoisotopic (exact) mass is 350 g/mol. The Morgan fingerprint density at radius 3 is 2.42 bits per heavy atom. The molecule has 0 amide bonds. The summed E-state index contributed by atoms with van der Waals surface area (Å²) in [4.78, 5) is 11.6. The SMILES string of the molecule is COc1ccc([C@@H](CNc2ccc([N+](=O)[O-])cc2Cl)[NH+](C)C)cc1. The first-order valence-corrected chi connectivity index (χ1v) is 7.92. The van der Waals surface area contributed by atoms with E-state index in [1.807, 2.05) is 24.3 Å². The van der Waals surface area contributed by atoms with Crippen LogP contribution in [-0.4, -0.2) is 32.7 Å². The maximum absolute atomic E-state index is 10.8. The Kier molecular flexibility index (Phi) is 6.00. The van der Waals surface area contributed by atoms with Gasteiger partial charge in [-0.3, -0.25) is 10.1 Å². The third kappa shape index (κ3) is 4.37. The highest BCUT2D eigenvalue weighted by molar-refractivity contribution is 6.33. The molecule has 0 spiro atoms. The Labute approximate surface area is 146 Å². The standard InChI is InChI=1S/C17H20ClN3O3/c1-20(2)17(12-4-7-14(24-3)8-5-12)11-19-16-9-6-13(21(22)23)10-15(16)18/h4-10,17,19H,11H2,1-3H3/p+1/t17-/m1/s1. The molecule has 0 aliphatic rings. The quantitative estimate of drug-likeness (QED) is 0.595. The molecule has 7 heteroatoms. The fourth-order valence-corrected chi connectivity index (χ4v) is 2.71. The minimum atomic E-state index is -0.459. The molecular weight excluding hydrogens is 330 g/mol. The van der Waals surface area contributed by atoms with Crippen molar-refractivity contribution in [3.8, 4) is 5.75 Å². The van der Waals surface area contributed by atoms with Crippen LogP contribution in [0.1, 0.15) is 11.6 Å². The van der Waals surface area contributed by atoms with Gasteiger partial charge in [0.1, 0.15) is 11.8 Å². The summed E-state index contributed by atoms with van der Waals surface area (Å²) >= 11 is 6.13. The van der Waals surface area contributed by atoms with E-state index in [2.05, 4.69) is 19.4 Å². The molecule has 0 aliphatic carbocycles. The van der Waals surface area contributed by atoms with Crippen LogP contribution in [0.4, 0.5) is 11.4 Å². The maximum atomic E-state index is 10.8. The normalized spacial score (nSPS) is 12.0. The van der Waals surface area contributed by atoms with Gasteiger partial charge in [-0.05, 0) is 30.3 Å². The van der Waals surface area contributed by atoms with Crippen LogP contribution < -0.4 is 15.0 Å². The Balaban J connectivity index is 2.12. The number of rotatable bonds is 7. The number of nitrogens with zero attached hydrogens (tertiary/aromatic N) is 1. The van der Waals surface area contributed by atoms with Gasteiger partial charge in [0, 0.05) is 17.7 Å². The van der Waals surface area contributed by atoms with Gasteiger partial charge in [0.05, 0.1) is 43.4 Å². The van der Waals surface area contributed by atoms with Gasteiger partial charge < -0.3 is 15.0 Å². The summed E-state index contributed by atoms with van der Waals surface area (Å²) in [5.74, 6) is 0.817. The number of likely N-dealkylation sites (N-methyl/N-ethyl adjacent to an activating group) is 1. The highest BCUT2D eigenvalue weighted by atomic mass is 35.5. The van der Waals surface area contributed by atoms with Crippen molar-refractivity contribution in [1.82, 2.24) is 0 Å². The van der Waals surface area contributed by atoms with E-state index >= 15 is 0 Å². The van der Waals surface area contributed by atoms with Crippen molar-refractivity contribution in [2.75, 3.05) is 33.1 Å². The van der Waals surface area contributed by atoms with E-state index in [-0.39, 0.29) is 11.7 Å². The van der Waals surface area contributed by atoms with Crippen molar-refractivity contribution in [2.45, 2.75) is 6.04 Å². The van der Waals surface area contributed by atoms with Crippen LogP contribution in [-0.2, 0) is 0 Å². The van der Waals surface area contributed by atoms with Crippen LogP contribution in [0, 0.1) is 10.1 Å². The zero-order chi connectivity index (χ0) is 17.7. The minimum Gasteiger partial charge on any atom is -0.497 e. The summed E-state index contributed by atoms with van der Waals surface area (Å²) in [6.07, 6.45) is 0. The van der Waals surface area contributed by atoms with Crippen LogP contribution in [0.25, 0.3) is 0 Å². The fourth-order valence-electron chi connectivity index (χ4n) is 2.46.